The standard InChI is InChI=1S/C23H24Cl2N2O3.CH4/c1-15(17-7-3-2-4-8-17)13-27-14-18(21(28)23(27)30)22(29)26-11-5-6-16-9-10-19(24)20(25)12-16;/h2-4,7-10,12,15,28H,5-6,11,13-14H2,1H3,(H,26,29);1H4/t15-;/m0./s1. The summed E-state index contributed by atoms with van der Waals surface area (Å²) in [5, 5.41) is 14.0. The van der Waals surface area contributed by atoms with Crippen LogP contribution in [0.25, 0.3) is 0 Å². The van der Waals surface area contributed by atoms with E-state index in [0.717, 1.165) is 17.5 Å². The van der Waals surface area contributed by atoms with Crippen molar-refractivity contribution in [2.24, 2.45) is 0 Å². The van der Waals surface area contributed by atoms with Crippen LogP contribution in [0.4, 0.5) is 0 Å². The number of aryl methyl sites for hydroxylation is 1. The Morgan fingerprint density at radius 1 is 1.16 bits per heavy atom. The topological polar surface area (TPSA) is 69.6 Å². The number of aliphatic hydroxyl groups is 1. The lowest BCUT2D eigenvalue weighted by Crippen LogP contribution is -2.33. The molecule has 1 aliphatic rings. The van der Waals surface area contributed by atoms with Crippen molar-refractivity contribution < 1.29 is 14.7 Å². The van der Waals surface area contributed by atoms with Crippen LogP contribution in [0.1, 0.15) is 37.8 Å². The molecule has 3 rings (SSSR count). The largest absolute Gasteiger partial charge is 0.503 e. The second kappa shape index (κ2) is 11.2. The van der Waals surface area contributed by atoms with Crippen LogP contribution in [0, 0.1) is 0 Å². The summed E-state index contributed by atoms with van der Waals surface area (Å²) in [5.74, 6) is -1.28. The fourth-order valence-corrected chi connectivity index (χ4v) is 3.78. The Balaban J connectivity index is 0.00000341. The van der Waals surface area contributed by atoms with Crippen molar-refractivity contribution >= 4 is 35.0 Å². The van der Waals surface area contributed by atoms with Gasteiger partial charge >= 0.3 is 0 Å². The highest BCUT2D eigenvalue weighted by atomic mass is 35.5. The second-order valence-electron chi connectivity index (χ2n) is 7.43. The highest BCUT2D eigenvalue weighted by Crippen LogP contribution is 2.24. The van der Waals surface area contributed by atoms with Crippen molar-refractivity contribution in [1.29, 1.82) is 0 Å². The van der Waals surface area contributed by atoms with E-state index in [1.165, 1.54) is 4.90 Å². The van der Waals surface area contributed by atoms with Crippen LogP contribution in [0.3, 0.4) is 0 Å². The number of aliphatic hydroxyl groups excluding tert-OH is 1. The molecule has 0 aromatic heterocycles. The predicted octanol–water partition coefficient (Wildman–Crippen LogP) is 5.14. The quantitative estimate of drug-likeness (QED) is 0.533. The van der Waals surface area contributed by atoms with E-state index < -0.39 is 17.6 Å². The number of hydrogen-bond acceptors (Lipinski definition) is 3. The first-order valence-electron chi connectivity index (χ1n) is 9.85. The molecule has 2 amide bonds. The fraction of sp³-hybridized carbons (Fsp3) is 0.333. The maximum Gasteiger partial charge on any atom is 0.289 e. The molecule has 0 fully saturated rings. The van der Waals surface area contributed by atoms with Gasteiger partial charge in [-0.2, -0.15) is 0 Å². The molecule has 0 bridgehead atoms. The Labute approximate surface area is 193 Å². The van der Waals surface area contributed by atoms with Crippen LogP contribution in [0.5, 0.6) is 0 Å². The lowest BCUT2D eigenvalue weighted by atomic mass is 10.0. The van der Waals surface area contributed by atoms with Gasteiger partial charge in [0.2, 0.25) is 0 Å². The van der Waals surface area contributed by atoms with E-state index in [1.54, 1.807) is 6.07 Å². The Morgan fingerprint density at radius 3 is 2.55 bits per heavy atom. The third-order valence-corrected chi connectivity index (χ3v) is 5.91. The van der Waals surface area contributed by atoms with E-state index in [4.69, 9.17) is 23.2 Å². The molecule has 166 valence electrons. The number of carbonyl (C=O) groups excluding carboxylic acids is 2. The molecule has 2 N–H and O–H groups in total. The molecule has 5 nitrogen and oxygen atoms in total. The van der Waals surface area contributed by atoms with Crippen molar-refractivity contribution in [2.45, 2.75) is 33.1 Å². The van der Waals surface area contributed by atoms with Gasteiger partial charge in [0, 0.05) is 13.1 Å². The minimum atomic E-state index is -0.501. The molecule has 1 atom stereocenters. The van der Waals surface area contributed by atoms with Crippen molar-refractivity contribution in [2.75, 3.05) is 19.6 Å². The molecule has 0 saturated heterocycles. The molecule has 0 spiro atoms. The van der Waals surface area contributed by atoms with E-state index in [1.807, 2.05) is 49.4 Å². The average Bonchev–Trinajstić information content (AvgIpc) is 3.02. The summed E-state index contributed by atoms with van der Waals surface area (Å²) in [6.45, 7) is 2.98. The van der Waals surface area contributed by atoms with Gasteiger partial charge < -0.3 is 15.3 Å². The van der Waals surface area contributed by atoms with Gasteiger partial charge in [-0.3, -0.25) is 9.59 Å². The van der Waals surface area contributed by atoms with Gasteiger partial charge in [-0.1, -0.05) is 74.0 Å². The maximum atomic E-state index is 12.5. The summed E-state index contributed by atoms with van der Waals surface area (Å²) < 4.78 is 0. The first kappa shape index (κ1) is 24.8. The average molecular weight is 463 g/mol. The Morgan fingerprint density at radius 2 is 1.87 bits per heavy atom. The zero-order chi connectivity index (χ0) is 21.7. The van der Waals surface area contributed by atoms with Gasteiger partial charge in [0.25, 0.3) is 11.8 Å². The number of rotatable bonds is 8. The number of halogens is 2. The number of carbonyl (C=O) groups is 2. The number of amides is 2. The molecule has 2 aromatic carbocycles. The first-order chi connectivity index (χ1) is 14.4. The zero-order valence-electron chi connectivity index (χ0n) is 16.7. The van der Waals surface area contributed by atoms with E-state index in [9.17, 15) is 14.7 Å². The molecule has 31 heavy (non-hydrogen) atoms. The van der Waals surface area contributed by atoms with E-state index in [2.05, 4.69) is 5.32 Å². The van der Waals surface area contributed by atoms with Gasteiger partial charge in [0.15, 0.2) is 5.76 Å². The summed E-state index contributed by atoms with van der Waals surface area (Å²) in [6.07, 6.45) is 1.42. The van der Waals surface area contributed by atoms with Gasteiger partial charge in [-0.25, -0.2) is 0 Å². The summed E-state index contributed by atoms with van der Waals surface area (Å²) in [4.78, 5) is 26.4. The summed E-state index contributed by atoms with van der Waals surface area (Å²) in [6, 6.07) is 15.3. The zero-order valence-corrected chi connectivity index (χ0v) is 18.2. The van der Waals surface area contributed by atoms with Gasteiger partial charge in [0.05, 0.1) is 22.2 Å². The van der Waals surface area contributed by atoms with Crippen LogP contribution < -0.4 is 5.32 Å². The van der Waals surface area contributed by atoms with Gasteiger partial charge in [-0.15, -0.1) is 0 Å². The SMILES string of the molecule is C.C[C@@H](CN1CC(C(=O)NCCCc2ccc(Cl)c(Cl)c2)=C(O)C1=O)c1ccccc1. The predicted molar refractivity (Wildman–Crippen MR) is 126 cm³/mol. The van der Waals surface area contributed by atoms with Crippen molar-refractivity contribution in [3.8, 4) is 0 Å². The lowest BCUT2D eigenvalue weighted by molar-refractivity contribution is -0.128. The van der Waals surface area contributed by atoms with Crippen LogP contribution >= 0.6 is 23.2 Å². The van der Waals surface area contributed by atoms with Crippen LogP contribution in [-0.4, -0.2) is 41.5 Å². The van der Waals surface area contributed by atoms with Crippen LogP contribution in [-0.2, 0) is 16.0 Å². The van der Waals surface area contributed by atoms with Gasteiger partial charge in [-0.05, 0) is 42.0 Å². The molecule has 2 aromatic rings. The second-order valence-corrected chi connectivity index (χ2v) is 8.25. The molecule has 0 radical (unpaired) electrons. The number of hydrogen-bond donors (Lipinski definition) is 2. The van der Waals surface area contributed by atoms with Crippen LogP contribution in [0.2, 0.25) is 10.0 Å². The van der Waals surface area contributed by atoms with Crippen molar-refractivity contribution in [3.05, 3.63) is 81.0 Å². The fourth-order valence-electron chi connectivity index (χ4n) is 3.46. The molecule has 0 aliphatic carbocycles. The summed E-state index contributed by atoms with van der Waals surface area (Å²) in [7, 11) is 0. The monoisotopic (exact) mass is 462 g/mol. The molecule has 1 heterocycles. The van der Waals surface area contributed by atoms with Crippen molar-refractivity contribution in [1.82, 2.24) is 10.2 Å². The molecule has 1 aliphatic heterocycles. The third-order valence-electron chi connectivity index (χ3n) is 5.17. The summed E-state index contributed by atoms with van der Waals surface area (Å²) in [5.41, 5.74) is 2.25. The van der Waals surface area contributed by atoms with E-state index in [-0.39, 0.29) is 25.5 Å². The summed E-state index contributed by atoms with van der Waals surface area (Å²) >= 11 is 11.9. The van der Waals surface area contributed by atoms with E-state index in [0.29, 0.717) is 29.6 Å². The molecule has 0 saturated carbocycles. The Bertz CT molecular complexity index is 961. The highest BCUT2D eigenvalue weighted by Gasteiger charge is 2.34. The minimum Gasteiger partial charge on any atom is -0.503 e. The molecular weight excluding hydrogens is 435 g/mol. The Kier molecular flexibility index (Phi) is 8.96. The third kappa shape index (κ3) is 6.25. The number of nitrogens with zero attached hydrogens (tertiary/aromatic N) is 1. The molecular formula is C24H28Cl2N2O3. The molecule has 0 unspecified atom stereocenters. The van der Waals surface area contributed by atoms with Crippen LogP contribution in [0.15, 0.2) is 59.9 Å². The number of nitrogens with one attached hydrogen (secondary N) is 1. The smallest absolute Gasteiger partial charge is 0.289 e. The van der Waals surface area contributed by atoms with Gasteiger partial charge in [0.1, 0.15) is 0 Å². The normalized spacial score (nSPS) is 14.4. The minimum absolute atomic E-state index is 0. The first-order valence-corrected chi connectivity index (χ1v) is 10.6. The maximum absolute atomic E-state index is 12.5. The van der Waals surface area contributed by atoms with Crippen molar-refractivity contribution in [3.63, 3.8) is 0 Å². The van der Waals surface area contributed by atoms with E-state index >= 15 is 0 Å². The highest BCUT2D eigenvalue weighted by molar-refractivity contribution is 6.42. The lowest BCUT2D eigenvalue weighted by Gasteiger charge is -2.21. The molecule has 7 heteroatoms. The Hall–Kier alpha value is -2.50. The number of benzene rings is 2.